The molecule has 0 fully saturated rings. The average Bonchev–Trinajstić information content (AvgIpc) is 2.79. The Labute approximate surface area is 99.3 Å². The van der Waals surface area contributed by atoms with E-state index in [1.807, 2.05) is 48.7 Å². The van der Waals surface area contributed by atoms with Gasteiger partial charge in [-0.15, -0.1) is 11.3 Å². The van der Waals surface area contributed by atoms with Gasteiger partial charge in [0, 0.05) is 4.88 Å². The van der Waals surface area contributed by atoms with E-state index in [-0.39, 0.29) is 0 Å². The number of hydrogen-bond donors (Lipinski definition) is 0. The van der Waals surface area contributed by atoms with Crippen molar-refractivity contribution in [3.63, 3.8) is 0 Å². The zero-order chi connectivity index (χ0) is 11.4. The van der Waals surface area contributed by atoms with Crippen LogP contribution in [0.3, 0.4) is 0 Å². The minimum absolute atomic E-state index is 0.721. The quantitative estimate of drug-likeness (QED) is 0.755. The van der Waals surface area contributed by atoms with Crippen LogP contribution >= 0.6 is 11.3 Å². The first kappa shape index (κ1) is 10.7. The molecule has 0 saturated heterocycles. The maximum atomic E-state index is 8.99. The van der Waals surface area contributed by atoms with Crippen LogP contribution in [-0.4, -0.2) is 0 Å². The predicted octanol–water partition coefficient (Wildman–Crippen LogP) is 4.10. The maximum absolute atomic E-state index is 8.99. The summed E-state index contributed by atoms with van der Waals surface area (Å²) in [6.07, 6.45) is 4.04. The van der Waals surface area contributed by atoms with Crippen LogP contribution in [0.1, 0.15) is 21.6 Å². The molecule has 78 valence electrons. The topological polar surface area (TPSA) is 23.8 Å². The second-order valence-electron chi connectivity index (χ2n) is 3.55. The first-order valence-corrected chi connectivity index (χ1v) is 5.90. The van der Waals surface area contributed by atoms with Crippen molar-refractivity contribution >= 4 is 23.5 Å². The smallest absolute Gasteiger partial charge is 0.0997 e. The van der Waals surface area contributed by atoms with Gasteiger partial charge in [0.05, 0.1) is 11.6 Å². The van der Waals surface area contributed by atoms with Crippen molar-refractivity contribution in [1.29, 1.82) is 5.26 Å². The van der Waals surface area contributed by atoms with E-state index in [4.69, 9.17) is 5.26 Å². The highest BCUT2D eigenvalue weighted by atomic mass is 32.1. The maximum Gasteiger partial charge on any atom is 0.0997 e. The van der Waals surface area contributed by atoms with Crippen molar-refractivity contribution in [3.05, 3.63) is 57.3 Å². The van der Waals surface area contributed by atoms with Gasteiger partial charge in [-0.05, 0) is 36.1 Å². The fourth-order valence-corrected chi connectivity index (χ4v) is 2.10. The van der Waals surface area contributed by atoms with Crippen molar-refractivity contribution in [2.45, 2.75) is 6.92 Å². The van der Waals surface area contributed by atoms with Gasteiger partial charge < -0.3 is 0 Å². The molecule has 2 aromatic rings. The molecule has 1 heterocycles. The zero-order valence-electron chi connectivity index (χ0n) is 8.97. The fourth-order valence-electron chi connectivity index (χ4n) is 1.48. The predicted molar refractivity (Wildman–Crippen MR) is 69.1 cm³/mol. The SMILES string of the molecule is Cc1ccc(C#N)c(C=Cc2cccs2)c1. The molecule has 0 amide bonds. The van der Waals surface area contributed by atoms with E-state index >= 15 is 0 Å². The molecule has 16 heavy (non-hydrogen) atoms. The molecule has 0 atom stereocenters. The van der Waals surface area contributed by atoms with Crippen molar-refractivity contribution in [3.8, 4) is 6.07 Å². The lowest BCUT2D eigenvalue weighted by Gasteiger charge is -1.99. The van der Waals surface area contributed by atoms with Crippen LogP contribution in [0.2, 0.25) is 0 Å². The molecule has 2 rings (SSSR count). The van der Waals surface area contributed by atoms with E-state index in [1.54, 1.807) is 11.3 Å². The largest absolute Gasteiger partial charge is 0.192 e. The van der Waals surface area contributed by atoms with E-state index in [2.05, 4.69) is 12.1 Å². The molecule has 1 nitrogen and oxygen atoms in total. The third-order valence-electron chi connectivity index (χ3n) is 2.30. The standard InChI is InChI=1S/C14H11NS/c1-11-4-5-13(10-15)12(9-11)6-7-14-3-2-8-16-14/h2-9H,1H3. The van der Waals surface area contributed by atoms with Gasteiger partial charge in [0.15, 0.2) is 0 Å². The molecular formula is C14H11NS. The monoisotopic (exact) mass is 225 g/mol. The molecule has 0 bridgehead atoms. The van der Waals surface area contributed by atoms with Crippen LogP contribution in [0, 0.1) is 18.3 Å². The normalized spacial score (nSPS) is 10.5. The fraction of sp³-hybridized carbons (Fsp3) is 0.0714. The molecule has 0 saturated carbocycles. The lowest BCUT2D eigenvalue weighted by atomic mass is 10.0. The number of hydrogen-bond acceptors (Lipinski definition) is 2. The Morgan fingerprint density at radius 3 is 2.81 bits per heavy atom. The first-order valence-electron chi connectivity index (χ1n) is 5.02. The Kier molecular flexibility index (Phi) is 3.19. The highest BCUT2D eigenvalue weighted by molar-refractivity contribution is 7.10. The molecule has 0 N–H and O–H groups in total. The third kappa shape index (κ3) is 2.39. The molecule has 0 aliphatic rings. The second kappa shape index (κ2) is 4.78. The number of nitrogens with zero attached hydrogens (tertiary/aromatic N) is 1. The molecule has 0 aliphatic carbocycles. The Morgan fingerprint density at radius 1 is 1.25 bits per heavy atom. The van der Waals surface area contributed by atoms with E-state index in [9.17, 15) is 0 Å². The summed E-state index contributed by atoms with van der Waals surface area (Å²) in [5.41, 5.74) is 2.87. The van der Waals surface area contributed by atoms with Crippen LogP contribution in [0.5, 0.6) is 0 Å². The van der Waals surface area contributed by atoms with E-state index < -0.39 is 0 Å². The molecule has 0 radical (unpaired) electrons. The van der Waals surface area contributed by atoms with Gasteiger partial charge in [0.25, 0.3) is 0 Å². The zero-order valence-corrected chi connectivity index (χ0v) is 9.79. The van der Waals surface area contributed by atoms with Crippen LogP contribution in [-0.2, 0) is 0 Å². The van der Waals surface area contributed by atoms with Gasteiger partial charge in [0.2, 0.25) is 0 Å². The number of benzene rings is 1. The second-order valence-corrected chi connectivity index (χ2v) is 4.53. The minimum atomic E-state index is 0.721. The molecule has 0 aliphatic heterocycles. The summed E-state index contributed by atoms with van der Waals surface area (Å²) in [6.45, 7) is 2.03. The third-order valence-corrected chi connectivity index (χ3v) is 3.14. The van der Waals surface area contributed by atoms with Crippen LogP contribution < -0.4 is 0 Å². The Hall–Kier alpha value is -1.85. The highest BCUT2D eigenvalue weighted by Crippen LogP contribution is 2.16. The van der Waals surface area contributed by atoms with Crippen molar-refractivity contribution < 1.29 is 0 Å². The van der Waals surface area contributed by atoms with Gasteiger partial charge in [-0.1, -0.05) is 29.8 Å². The Balaban J connectivity index is 2.34. The molecule has 2 heteroatoms. The van der Waals surface area contributed by atoms with E-state index in [0.717, 1.165) is 11.1 Å². The summed E-state index contributed by atoms with van der Waals surface area (Å²) in [5.74, 6) is 0. The van der Waals surface area contributed by atoms with Crippen LogP contribution in [0.4, 0.5) is 0 Å². The van der Waals surface area contributed by atoms with Gasteiger partial charge in [0.1, 0.15) is 0 Å². The number of nitriles is 1. The van der Waals surface area contributed by atoms with Gasteiger partial charge >= 0.3 is 0 Å². The molecule has 0 unspecified atom stereocenters. The summed E-state index contributed by atoms with van der Waals surface area (Å²) in [6, 6.07) is 12.1. The molecule has 1 aromatic heterocycles. The van der Waals surface area contributed by atoms with Crippen LogP contribution in [0.25, 0.3) is 12.2 Å². The first-order chi connectivity index (χ1) is 7.79. The van der Waals surface area contributed by atoms with Crippen molar-refractivity contribution in [2.75, 3.05) is 0 Å². The van der Waals surface area contributed by atoms with E-state index in [1.165, 1.54) is 10.4 Å². The Morgan fingerprint density at radius 2 is 2.12 bits per heavy atom. The number of thiophene rings is 1. The number of rotatable bonds is 2. The summed E-state index contributed by atoms with van der Waals surface area (Å²) < 4.78 is 0. The summed E-state index contributed by atoms with van der Waals surface area (Å²) in [4.78, 5) is 1.20. The lowest BCUT2D eigenvalue weighted by Crippen LogP contribution is -1.83. The highest BCUT2D eigenvalue weighted by Gasteiger charge is 1.98. The van der Waals surface area contributed by atoms with Crippen molar-refractivity contribution in [1.82, 2.24) is 0 Å². The van der Waals surface area contributed by atoms with E-state index in [0.29, 0.717) is 0 Å². The molecule has 0 spiro atoms. The lowest BCUT2D eigenvalue weighted by molar-refractivity contribution is 1.41. The molecular weight excluding hydrogens is 214 g/mol. The minimum Gasteiger partial charge on any atom is -0.192 e. The van der Waals surface area contributed by atoms with Gasteiger partial charge in [-0.3, -0.25) is 0 Å². The van der Waals surface area contributed by atoms with Gasteiger partial charge in [-0.25, -0.2) is 0 Å². The Bertz CT molecular complexity index is 545. The molecule has 1 aromatic carbocycles. The average molecular weight is 225 g/mol. The van der Waals surface area contributed by atoms with Gasteiger partial charge in [-0.2, -0.15) is 5.26 Å². The van der Waals surface area contributed by atoms with Crippen LogP contribution in [0.15, 0.2) is 35.7 Å². The summed E-state index contributed by atoms with van der Waals surface area (Å²) in [7, 11) is 0. The summed E-state index contributed by atoms with van der Waals surface area (Å²) in [5, 5.41) is 11.0. The number of aryl methyl sites for hydroxylation is 1. The van der Waals surface area contributed by atoms with Crippen molar-refractivity contribution in [2.24, 2.45) is 0 Å². The summed E-state index contributed by atoms with van der Waals surface area (Å²) >= 11 is 1.69.